The number of hydrogen-bond donors (Lipinski definition) is 1. The Labute approximate surface area is 92.0 Å². The van der Waals surface area contributed by atoms with Gasteiger partial charge in [0.1, 0.15) is 0 Å². The van der Waals surface area contributed by atoms with E-state index in [1.165, 1.54) is 12.8 Å². The van der Waals surface area contributed by atoms with Crippen molar-refractivity contribution in [1.82, 2.24) is 4.90 Å². The lowest BCUT2D eigenvalue weighted by Crippen LogP contribution is -2.44. The molecule has 1 amide bonds. The van der Waals surface area contributed by atoms with E-state index < -0.39 is 0 Å². The van der Waals surface area contributed by atoms with Gasteiger partial charge in [0.15, 0.2) is 0 Å². The SMILES string of the molecule is CN(C(=O)C1CC1(C)C)C(CN)C1CC1. The maximum Gasteiger partial charge on any atom is 0.226 e. The number of rotatable bonds is 4. The summed E-state index contributed by atoms with van der Waals surface area (Å²) < 4.78 is 0. The Hall–Kier alpha value is -0.570. The zero-order valence-electron chi connectivity index (χ0n) is 9.99. The molecule has 0 bridgehead atoms. The zero-order valence-corrected chi connectivity index (χ0v) is 9.99. The van der Waals surface area contributed by atoms with Crippen molar-refractivity contribution in [3.8, 4) is 0 Å². The van der Waals surface area contributed by atoms with Crippen molar-refractivity contribution in [2.24, 2.45) is 23.0 Å². The highest BCUT2D eigenvalue weighted by atomic mass is 16.2. The summed E-state index contributed by atoms with van der Waals surface area (Å²) in [5, 5.41) is 0. The van der Waals surface area contributed by atoms with Gasteiger partial charge in [-0.05, 0) is 30.6 Å². The molecule has 2 fully saturated rings. The Kier molecular flexibility index (Phi) is 2.53. The molecular formula is C12H22N2O. The van der Waals surface area contributed by atoms with Gasteiger partial charge in [-0.25, -0.2) is 0 Å². The quantitative estimate of drug-likeness (QED) is 0.758. The third kappa shape index (κ3) is 2.03. The van der Waals surface area contributed by atoms with Gasteiger partial charge in [-0.3, -0.25) is 4.79 Å². The van der Waals surface area contributed by atoms with E-state index in [1.807, 2.05) is 11.9 Å². The molecule has 2 aliphatic carbocycles. The van der Waals surface area contributed by atoms with Crippen molar-refractivity contribution < 1.29 is 4.79 Å². The Balaban J connectivity index is 1.94. The Morgan fingerprint density at radius 1 is 1.53 bits per heavy atom. The minimum absolute atomic E-state index is 0.230. The van der Waals surface area contributed by atoms with E-state index in [4.69, 9.17) is 5.73 Å². The van der Waals surface area contributed by atoms with Crippen LogP contribution in [0, 0.1) is 17.3 Å². The third-order valence-corrected chi connectivity index (χ3v) is 4.06. The summed E-state index contributed by atoms with van der Waals surface area (Å²) in [6.45, 7) is 4.94. The Bertz CT molecular complexity index is 271. The molecule has 0 heterocycles. The van der Waals surface area contributed by atoms with Gasteiger partial charge in [0, 0.05) is 25.6 Å². The highest BCUT2D eigenvalue weighted by molar-refractivity contribution is 5.82. The van der Waals surface area contributed by atoms with Crippen LogP contribution in [-0.4, -0.2) is 30.4 Å². The van der Waals surface area contributed by atoms with Crippen LogP contribution in [0.15, 0.2) is 0 Å². The van der Waals surface area contributed by atoms with Crippen LogP contribution < -0.4 is 5.73 Å². The number of hydrogen-bond acceptors (Lipinski definition) is 2. The van der Waals surface area contributed by atoms with Gasteiger partial charge in [0.25, 0.3) is 0 Å². The van der Waals surface area contributed by atoms with Gasteiger partial charge in [0.2, 0.25) is 5.91 Å². The van der Waals surface area contributed by atoms with E-state index in [2.05, 4.69) is 13.8 Å². The number of nitrogens with zero attached hydrogens (tertiary/aromatic N) is 1. The number of likely N-dealkylation sites (N-methyl/N-ethyl adjacent to an activating group) is 1. The molecule has 0 aliphatic heterocycles. The average Bonchev–Trinajstić information content (AvgIpc) is 3.04. The fourth-order valence-corrected chi connectivity index (χ4v) is 2.45. The van der Waals surface area contributed by atoms with Crippen LogP contribution >= 0.6 is 0 Å². The summed E-state index contributed by atoms with van der Waals surface area (Å²) in [5.74, 6) is 1.23. The van der Waals surface area contributed by atoms with Crippen LogP contribution in [0.5, 0.6) is 0 Å². The molecule has 0 radical (unpaired) electrons. The molecule has 0 aromatic heterocycles. The molecule has 2 unspecified atom stereocenters. The summed E-state index contributed by atoms with van der Waals surface area (Å²) in [6, 6.07) is 0.286. The second-order valence-corrected chi connectivity index (χ2v) is 5.83. The summed E-state index contributed by atoms with van der Waals surface area (Å²) in [4.78, 5) is 14.0. The van der Waals surface area contributed by atoms with Crippen molar-refractivity contribution in [2.75, 3.05) is 13.6 Å². The number of amides is 1. The first kappa shape index (κ1) is 10.9. The predicted molar refractivity (Wildman–Crippen MR) is 60.2 cm³/mol. The summed E-state index contributed by atoms with van der Waals surface area (Å²) in [7, 11) is 1.92. The van der Waals surface area contributed by atoms with E-state index in [-0.39, 0.29) is 17.4 Å². The third-order valence-electron chi connectivity index (χ3n) is 4.06. The van der Waals surface area contributed by atoms with E-state index in [0.717, 1.165) is 6.42 Å². The van der Waals surface area contributed by atoms with Crippen molar-refractivity contribution in [2.45, 2.75) is 39.2 Å². The minimum atomic E-state index is 0.230. The lowest BCUT2D eigenvalue weighted by Gasteiger charge is -2.27. The molecule has 3 nitrogen and oxygen atoms in total. The Morgan fingerprint density at radius 3 is 2.40 bits per heavy atom. The topological polar surface area (TPSA) is 46.3 Å². The van der Waals surface area contributed by atoms with Crippen molar-refractivity contribution >= 4 is 5.91 Å². The normalized spacial score (nSPS) is 29.7. The molecule has 2 aliphatic rings. The maximum atomic E-state index is 12.1. The fourth-order valence-electron chi connectivity index (χ4n) is 2.45. The number of carbonyl (C=O) groups is 1. The van der Waals surface area contributed by atoms with Gasteiger partial charge >= 0.3 is 0 Å². The molecule has 15 heavy (non-hydrogen) atoms. The summed E-state index contributed by atoms with van der Waals surface area (Å²) >= 11 is 0. The summed E-state index contributed by atoms with van der Waals surface area (Å²) in [5.41, 5.74) is 5.98. The molecule has 2 saturated carbocycles. The van der Waals surface area contributed by atoms with Gasteiger partial charge < -0.3 is 10.6 Å². The van der Waals surface area contributed by atoms with E-state index >= 15 is 0 Å². The smallest absolute Gasteiger partial charge is 0.226 e. The highest BCUT2D eigenvalue weighted by Crippen LogP contribution is 2.52. The molecule has 2 rings (SSSR count). The van der Waals surface area contributed by atoms with Gasteiger partial charge in [-0.1, -0.05) is 13.8 Å². The largest absolute Gasteiger partial charge is 0.341 e. The number of nitrogens with two attached hydrogens (primary N) is 1. The molecule has 2 N–H and O–H groups in total. The van der Waals surface area contributed by atoms with Crippen molar-refractivity contribution in [1.29, 1.82) is 0 Å². The van der Waals surface area contributed by atoms with E-state index in [9.17, 15) is 4.79 Å². The first-order valence-corrected chi connectivity index (χ1v) is 5.94. The van der Waals surface area contributed by atoms with Crippen molar-refractivity contribution in [3.63, 3.8) is 0 Å². The van der Waals surface area contributed by atoms with Gasteiger partial charge in [-0.2, -0.15) is 0 Å². The lowest BCUT2D eigenvalue weighted by molar-refractivity contribution is -0.134. The monoisotopic (exact) mass is 210 g/mol. The number of carbonyl (C=O) groups excluding carboxylic acids is 1. The van der Waals surface area contributed by atoms with Gasteiger partial charge in [0.05, 0.1) is 0 Å². The second-order valence-electron chi connectivity index (χ2n) is 5.83. The first-order valence-electron chi connectivity index (χ1n) is 5.94. The second kappa shape index (κ2) is 3.48. The molecule has 86 valence electrons. The predicted octanol–water partition coefficient (Wildman–Crippen LogP) is 1.23. The zero-order chi connectivity index (χ0) is 11.2. The van der Waals surface area contributed by atoms with Crippen LogP contribution in [0.4, 0.5) is 0 Å². The molecule has 0 spiro atoms. The van der Waals surface area contributed by atoms with E-state index in [0.29, 0.717) is 18.4 Å². The van der Waals surface area contributed by atoms with Crippen LogP contribution in [0.2, 0.25) is 0 Å². The Morgan fingerprint density at radius 2 is 2.07 bits per heavy atom. The van der Waals surface area contributed by atoms with Crippen LogP contribution in [0.3, 0.4) is 0 Å². The molecule has 0 aromatic carbocycles. The molecule has 3 heteroatoms. The van der Waals surface area contributed by atoms with E-state index in [1.54, 1.807) is 0 Å². The lowest BCUT2D eigenvalue weighted by atomic mass is 10.1. The van der Waals surface area contributed by atoms with Crippen LogP contribution in [-0.2, 0) is 4.79 Å². The molecular weight excluding hydrogens is 188 g/mol. The molecule has 0 aromatic rings. The summed E-state index contributed by atoms with van der Waals surface area (Å²) in [6.07, 6.45) is 3.53. The van der Waals surface area contributed by atoms with Crippen LogP contribution in [0.25, 0.3) is 0 Å². The minimum Gasteiger partial charge on any atom is -0.341 e. The molecule has 0 saturated heterocycles. The standard InChI is InChI=1S/C12H22N2O/c1-12(2)6-9(12)11(15)14(3)10(7-13)8-4-5-8/h8-10H,4-7,13H2,1-3H3. The molecule has 2 atom stereocenters. The van der Waals surface area contributed by atoms with Crippen LogP contribution in [0.1, 0.15) is 33.1 Å². The van der Waals surface area contributed by atoms with Crippen molar-refractivity contribution in [3.05, 3.63) is 0 Å². The first-order chi connectivity index (χ1) is 6.97. The average molecular weight is 210 g/mol. The maximum absolute atomic E-state index is 12.1. The highest BCUT2D eigenvalue weighted by Gasteiger charge is 2.52. The fraction of sp³-hybridized carbons (Fsp3) is 0.917. The van der Waals surface area contributed by atoms with Gasteiger partial charge in [-0.15, -0.1) is 0 Å².